The first-order valence-corrected chi connectivity index (χ1v) is 14.0. The van der Waals surface area contributed by atoms with E-state index in [4.69, 9.17) is 0 Å². The summed E-state index contributed by atoms with van der Waals surface area (Å²) in [4.78, 5) is 0. The van der Waals surface area contributed by atoms with Crippen LogP contribution in [-0.2, 0) is 0 Å². The summed E-state index contributed by atoms with van der Waals surface area (Å²) < 4.78 is 0. The molecule has 4 aliphatic rings. The van der Waals surface area contributed by atoms with Crippen LogP contribution in [0.4, 0.5) is 0 Å². The lowest BCUT2D eigenvalue weighted by molar-refractivity contribution is 0.727. The minimum Gasteiger partial charge on any atom is -0.0659 e. The van der Waals surface area contributed by atoms with Crippen molar-refractivity contribution in [2.75, 3.05) is 0 Å². The number of fused-ring (bicyclic) bond motifs is 8. The van der Waals surface area contributed by atoms with Crippen LogP contribution in [-0.4, -0.2) is 8.07 Å². The predicted octanol–water partition coefficient (Wildman–Crippen LogP) is 7.32. The number of hydrogen-bond acceptors (Lipinski definition) is 0. The monoisotopic (exact) mass is 388 g/mol. The molecule has 0 aromatic heterocycles. The lowest BCUT2D eigenvalue weighted by atomic mass is 9.65. The molecular formula is C28H24Si. The maximum absolute atomic E-state index is 2.48. The van der Waals surface area contributed by atoms with Gasteiger partial charge in [-0.15, -0.1) is 0 Å². The van der Waals surface area contributed by atoms with Crippen molar-refractivity contribution in [2.45, 2.75) is 19.6 Å². The van der Waals surface area contributed by atoms with Gasteiger partial charge in [0.05, 0.1) is 13.5 Å². The molecule has 2 aromatic rings. The molecule has 0 radical (unpaired) electrons. The fraction of sp³-hybridized carbons (Fsp3) is 0.143. The van der Waals surface area contributed by atoms with Gasteiger partial charge in [-0.25, -0.2) is 0 Å². The second-order valence-corrected chi connectivity index (χ2v) is 14.5. The summed E-state index contributed by atoms with van der Waals surface area (Å²) in [6.45, 7) is 7.45. The molecular weight excluding hydrogens is 364 g/mol. The van der Waals surface area contributed by atoms with Gasteiger partial charge in [0.1, 0.15) is 0 Å². The normalized spacial score (nSPS) is 23.3. The standard InChI is InChI=1S/C28H24Si/c1-29(2,3)27-15-14-24-22-12-7-5-10-20(22)18-26(24)28(27)16-8-13-23-21-11-6-4-9-19(21)17-25(23)28/h4-18H,1-3H3. The van der Waals surface area contributed by atoms with Gasteiger partial charge in [0, 0.05) is 0 Å². The van der Waals surface area contributed by atoms with Crippen LogP contribution in [0.3, 0.4) is 0 Å². The zero-order valence-corrected chi connectivity index (χ0v) is 18.2. The van der Waals surface area contributed by atoms with Crippen molar-refractivity contribution in [2.24, 2.45) is 5.41 Å². The molecule has 1 unspecified atom stereocenters. The van der Waals surface area contributed by atoms with Crippen LogP contribution in [0.25, 0.3) is 23.3 Å². The molecule has 0 saturated heterocycles. The Hall–Kier alpha value is -2.90. The minimum absolute atomic E-state index is 0.156. The SMILES string of the molecule is C[Si](C)(C)C1=CC=C2C(=Cc3ccccc32)C12C=CC=C1C2=Cc2ccccc21. The molecule has 0 saturated carbocycles. The van der Waals surface area contributed by atoms with Crippen LogP contribution in [0.15, 0.2) is 95.3 Å². The zero-order valence-electron chi connectivity index (χ0n) is 17.2. The van der Waals surface area contributed by atoms with E-state index in [9.17, 15) is 0 Å². The van der Waals surface area contributed by atoms with E-state index < -0.39 is 8.07 Å². The summed E-state index contributed by atoms with van der Waals surface area (Å²) in [6.07, 6.45) is 16.8. The van der Waals surface area contributed by atoms with E-state index in [1.807, 2.05) is 0 Å². The minimum atomic E-state index is -1.59. The lowest BCUT2D eigenvalue weighted by Gasteiger charge is -2.46. The van der Waals surface area contributed by atoms with Crippen molar-refractivity contribution < 1.29 is 0 Å². The molecule has 29 heavy (non-hydrogen) atoms. The summed E-state index contributed by atoms with van der Waals surface area (Å²) in [6, 6.07) is 17.7. The van der Waals surface area contributed by atoms with Crippen LogP contribution in [0.5, 0.6) is 0 Å². The van der Waals surface area contributed by atoms with Gasteiger partial charge in [-0.05, 0) is 56.7 Å². The third kappa shape index (κ3) is 2.14. The zero-order chi connectivity index (χ0) is 19.8. The molecule has 0 amide bonds. The van der Waals surface area contributed by atoms with Crippen LogP contribution >= 0.6 is 0 Å². The summed E-state index contributed by atoms with van der Waals surface area (Å²) in [5, 5.41) is 1.61. The Bertz CT molecular complexity index is 1240. The maximum Gasteiger partial charge on any atom is 0.0744 e. The van der Waals surface area contributed by atoms with Crippen molar-refractivity contribution in [3.63, 3.8) is 0 Å². The highest BCUT2D eigenvalue weighted by Gasteiger charge is 2.50. The first kappa shape index (κ1) is 17.0. The summed E-state index contributed by atoms with van der Waals surface area (Å²) in [5.41, 5.74) is 11.0. The molecule has 2 aromatic carbocycles. The first-order chi connectivity index (χ1) is 14.0. The largest absolute Gasteiger partial charge is 0.0744 e. The van der Waals surface area contributed by atoms with Gasteiger partial charge in [0.15, 0.2) is 0 Å². The van der Waals surface area contributed by atoms with E-state index >= 15 is 0 Å². The number of allylic oxidation sites excluding steroid dienone is 10. The summed E-state index contributed by atoms with van der Waals surface area (Å²) >= 11 is 0. The Morgan fingerprint density at radius 1 is 0.655 bits per heavy atom. The van der Waals surface area contributed by atoms with Gasteiger partial charge in [-0.1, -0.05) is 104 Å². The van der Waals surface area contributed by atoms with Gasteiger partial charge < -0.3 is 0 Å². The van der Waals surface area contributed by atoms with E-state index in [1.54, 1.807) is 5.20 Å². The van der Waals surface area contributed by atoms with Crippen LogP contribution in [0, 0.1) is 5.41 Å². The van der Waals surface area contributed by atoms with E-state index in [2.05, 4.69) is 111 Å². The van der Waals surface area contributed by atoms with Crippen molar-refractivity contribution in [1.29, 1.82) is 0 Å². The average molecular weight is 389 g/mol. The van der Waals surface area contributed by atoms with Crippen molar-refractivity contribution in [3.05, 3.63) is 118 Å². The molecule has 0 aliphatic heterocycles. The fourth-order valence-electron chi connectivity index (χ4n) is 5.64. The van der Waals surface area contributed by atoms with Gasteiger partial charge in [-0.3, -0.25) is 0 Å². The van der Waals surface area contributed by atoms with Crippen molar-refractivity contribution in [1.82, 2.24) is 0 Å². The number of rotatable bonds is 1. The molecule has 6 rings (SSSR count). The lowest BCUT2D eigenvalue weighted by Crippen LogP contribution is -2.40. The Kier molecular flexibility index (Phi) is 3.27. The summed E-state index contributed by atoms with van der Waals surface area (Å²) in [7, 11) is -1.59. The van der Waals surface area contributed by atoms with Crippen LogP contribution in [0.2, 0.25) is 19.6 Å². The molecule has 1 heteroatoms. The Labute approximate surface area is 174 Å². The van der Waals surface area contributed by atoms with E-state index in [0.29, 0.717) is 0 Å². The van der Waals surface area contributed by atoms with E-state index in [0.717, 1.165) is 0 Å². The Morgan fingerprint density at radius 3 is 1.79 bits per heavy atom. The fourth-order valence-corrected chi connectivity index (χ4v) is 7.76. The predicted molar refractivity (Wildman–Crippen MR) is 128 cm³/mol. The summed E-state index contributed by atoms with van der Waals surface area (Å²) in [5.74, 6) is 0. The Morgan fingerprint density at radius 2 is 1.21 bits per heavy atom. The van der Waals surface area contributed by atoms with Gasteiger partial charge in [0.25, 0.3) is 0 Å². The van der Waals surface area contributed by atoms with Crippen LogP contribution < -0.4 is 0 Å². The molecule has 0 fully saturated rings. The third-order valence-corrected chi connectivity index (χ3v) is 8.97. The number of hydrogen-bond donors (Lipinski definition) is 0. The molecule has 0 heterocycles. The molecule has 1 atom stereocenters. The topological polar surface area (TPSA) is 0 Å². The van der Waals surface area contributed by atoms with E-state index in [1.165, 1.54) is 44.5 Å². The highest BCUT2D eigenvalue weighted by molar-refractivity contribution is 6.83. The first-order valence-electron chi connectivity index (χ1n) is 10.5. The van der Waals surface area contributed by atoms with Crippen molar-refractivity contribution >= 4 is 31.4 Å². The second-order valence-electron chi connectivity index (χ2n) is 9.45. The molecule has 1 spiro atoms. The quantitative estimate of drug-likeness (QED) is 0.449. The molecule has 0 bridgehead atoms. The second kappa shape index (κ2) is 5.58. The molecule has 0 N–H and O–H groups in total. The van der Waals surface area contributed by atoms with E-state index in [-0.39, 0.29) is 5.41 Å². The van der Waals surface area contributed by atoms with Gasteiger partial charge in [-0.2, -0.15) is 0 Å². The smallest absolute Gasteiger partial charge is 0.0659 e. The van der Waals surface area contributed by atoms with Crippen molar-refractivity contribution in [3.8, 4) is 0 Å². The highest BCUT2D eigenvalue weighted by atomic mass is 28.3. The maximum atomic E-state index is 2.48. The number of benzene rings is 2. The molecule has 4 aliphatic carbocycles. The molecule has 0 nitrogen and oxygen atoms in total. The Balaban J connectivity index is 1.66. The molecule has 140 valence electrons. The third-order valence-electron chi connectivity index (χ3n) is 6.79. The van der Waals surface area contributed by atoms with Gasteiger partial charge >= 0.3 is 0 Å². The average Bonchev–Trinajstić information content (AvgIpc) is 3.27. The highest BCUT2D eigenvalue weighted by Crippen LogP contribution is 2.62. The van der Waals surface area contributed by atoms with Crippen LogP contribution in [0.1, 0.15) is 22.3 Å². The van der Waals surface area contributed by atoms with Gasteiger partial charge in [0.2, 0.25) is 0 Å².